The molecule has 0 bridgehead atoms. The van der Waals surface area contributed by atoms with E-state index < -0.39 is 12.0 Å². The van der Waals surface area contributed by atoms with Crippen LogP contribution in [0.2, 0.25) is 0 Å². The second kappa shape index (κ2) is 7.22. The van der Waals surface area contributed by atoms with Crippen LogP contribution >= 0.6 is 0 Å². The van der Waals surface area contributed by atoms with Crippen LogP contribution in [0.1, 0.15) is 60.9 Å². The van der Waals surface area contributed by atoms with Crippen molar-refractivity contribution in [3.8, 4) is 11.3 Å². The molecule has 3 N–H and O–H groups in total. The largest absolute Gasteiger partial charge is 0.389 e. The van der Waals surface area contributed by atoms with Crippen molar-refractivity contribution in [3.05, 3.63) is 40.6 Å². The molecule has 2 aromatic rings. The van der Waals surface area contributed by atoms with Crippen LogP contribution in [0.25, 0.3) is 11.3 Å². The number of β-amino-alcohol motifs (C(OH)–C–C–N with tert-alkyl or cyclic N) is 1. The first-order valence-corrected chi connectivity index (χ1v) is 10.9. The fourth-order valence-electron chi connectivity index (χ4n) is 5.10. The van der Waals surface area contributed by atoms with Crippen LogP contribution in [0.5, 0.6) is 0 Å². The molecule has 0 radical (unpaired) electrons. The van der Waals surface area contributed by atoms with Gasteiger partial charge in [-0.05, 0) is 55.7 Å². The first kappa shape index (κ1) is 20.3. The molecule has 0 saturated carbocycles. The van der Waals surface area contributed by atoms with Gasteiger partial charge in [0.2, 0.25) is 11.9 Å². The van der Waals surface area contributed by atoms with Crippen molar-refractivity contribution in [2.45, 2.75) is 69.4 Å². The van der Waals surface area contributed by atoms with Crippen molar-refractivity contribution in [1.82, 2.24) is 9.97 Å². The standard InChI is InChI=1S/C23H26F2N4O2/c1-12-18(30)11-29(12)22-27-20(17-8-9-23(24,25)21(17)28-22)15-4-6-16-13(5-7-19(26)31)2-3-14(16)10-15/h4,6,10,12-13,18,30H,2-3,5,7-9,11H2,1H3,(H2,26,31)/t12-,13-,18?/m0/s1. The minimum atomic E-state index is -2.97. The maximum Gasteiger partial charge on any atom is 0.290 e. The van der Waals surface area contributed by atoms with Gasteiger partial charge in [-0.15, -0.1) is 0 Å². The average molecular weight is 428 g/mol. The maximum atomic E-state index is 14.6. The zero-order valence-electron chi connectivity index (χ0n) is 17.4. The number of aliphatic hydroxyl groups is 1. The Hall–Kier alpha value is -2.61. The summed E-state index contributed by atoms with van der Waals surface area (Å²) in [6, 6.07) is 5.84. The average Bonchev–Trinajstić information content (AvgIpc) is 3.29. The minimum Gasteiger partial charge on any atom is -0.389 e. The number of aromatic nitrogens is 2. The first-order chi connectivity index (χ1) is 14.7. The summed E-state index contributed by atoms with van der Waals surface area (Å²) in [6.07, 6.45) is 2.43. The number of aryl methyl sites for hydroxylation is 1. The van der Waals surface area contributed by atoms with E-state index in [4.69, 9.17) is 10.7 Å². The molecule has 3 atom stereocenters. The number of primary amides is 1. The zero-order chi connectivity index (χ0) is 21.9. The summed E-state index contributed by atoms with van der Waals surface area (Å²) in [5.74, 6) is -2.70. The van der Waals surface area contributed by atoms with E-state index in [9.17, 15) is 18.7 Å². The fourth-order valence-corrected chi connectivity index (χ4v) is 5.10. The predicted molar refractivity (Wildman–Crippen MR) is 112 cm³/mol. The number of benzene rings is 1. The molecule has 1 amide bonds. The van der Waals surface area contributed by atoms with Gasteiger partial charge >= 0.3 is 0 Å². The number of carbonyl (C=O) groups excluding carboxylic acids is 1. The number of amides is 1. The molecule has 164 valence electrons. The molecule has 2 aliphatic carbocycles. The van der Waals surface area contributed by atoms with Crippen molar-refractivity contribution >= 4 is 11.9 Å². The number of hydrogen-bond donors (Lipinski definition) is 2. The second-order valence-corrected chi connectivity index (χ2v) is 9.02. The Labute approximate surface area is 179 Å². The lowest BCUT2D eigenvalue weighted by atomic mass is 9.94. The van der Waals surface area contributed by atoms with Crippen LogP contribution in [0.15, 0.2) is 18.2 Å². The van der Waals surface area contributed by atoms with E-state index >= 15 is 0 Å². The Morgan fingerprint density at radius 3 is 2.84 bits per heavy atom. The SMILES string of the molecule is C[C@H]1C(O)CN1c1nc(-c2ccc3c(c2)CC[C@H]3CCC(N)=O)c2c(n1)C(F)(F)CC2. The summed E-state index contributed by atoms with van der Waals surface area (Å²) in [6.45, 7) is 2.18. The Bertz CT molecular complexity index is 1060. The van der Waals surface area contributed by atoms with Gasteiger partial charge < -0.3 is 15.7 Å². The van der Waals surface area contributed by atoms with Gasteiger partial charge in [-0.3, -0.25) is 4.79 Å². The van der Waals surface area contributed by atoms with E-state index in [1.54, 1.807) is 4.90 Å². The van der Waals surface area contributed by atoms with Crippen LogP contribution < -0.4 is 10.6 Å². The number of aliphatic hydroxyl groups excluding tert-OH is 1. The number of halogens is 2. The maximum absolute atomic E-state index is 14.6. The Kier molecular flexibility index (Phi) is 4.73. The van der Waals surface area contributed by atoms with Crippen molar-refractivity contribution in [2.24, 2.45) is 5.73 Å². The fraction of sp³-hybridized carbons (Fsp3) is 0.522. The Balaban J connectivity index is 1.53. The summed E-state index contributed by atoms with van der Waals surface area (Å²) in [5, 5.41) is 9.86. The van der Waals surface area contributed by atoms with Gasteiger partial charge in [0.1, 0.15) is 5.69 Å². The highest BCUT2D eigenvalue weighted by molar-refractivity contribution is 5.74. The van der Waals surface area contributed by atoms with Crippen molar-refractivity contribution < 1.29 is 18.7 Å². The lowest BCUT2D eigenvalue weighted by molar-refractivity contribution is -0.118. The number of rotatable bonds is 5. The van der Waals surface area contributed by atoms with Crippen LogP contribution in [-0.2, 0) is 23.6 Å². The van der Waals surface area contributed by atoms with Gasteiger partial charge in [0, 0.05) is 30.5 Å². The number of alkyl halides is 2. The van der Waals surface area contributed by atoms with Gasteiger partial charge in [-0.2, -0.15) is 8.78 Å². The molecule has 1 aromatic carbocycles. The number of fused-ring (bicyclic) bond motifs is 2. The summed E-state index contributed by atoms with van der Waals surface area (Å²) in [5.41, 5.74) is 9.42. The monoisotopic (exact) mass is 428 g/mol. The molecule has 8 heteroatoms. The summed E-state index contributed by atoms with van der Waals surface area (Å²) >= 11 is 0. The van der Waals surface area contributed by atoms with Gasteiger partial charge in [-0.25, -0.2) is 9.97 Å². The van der Waals surface area contributed by atoms with E-state index in [2.05, 4.69) is 11.1 Å². The number of anilines is 1. The molecule has 31 heavy (non-hydrogen) atoms. The molecule has 1 aliphatic heterocycles. The smallest absolute Gasteiger partial charge is 0.290 e. The van der Waals surface area contributed by atoms with E-state index in [0.717, 1.165) is 24.8 Å². The normalized spacial score (nSPS) is 25.8. The van der Waals surface area contributed by atoms with Crippen LogP contribution in [0.3, 0.4) is 0 Å². The predicted octanol–water partition coefficient (Wildman–Crippen LogP) is 3.05. The third-order valence-electron chi connectivity index (χ3n) is 7.08. The van der Waals surface area contributed by atoms with E-state index in [1.165, 1.54) is 11.1 Å². The van der Waals surface area contributed by atoms with Gasteiger partial charge in [0.25, 0.3) is 5.92 Å². The van der Waals surface area contributed by atoms with Gasteiger partial charge in [-0.1, -0.05) is 12.1 Å². The summed E-state index contributed by atoms with van der Waals surface area (Å²) < 4.78 is 29.2. The van der Waals surface area contributed by atoms with Gasteiger partial charge in [0.05, 0.1) is 17.8 Å². The molecule has 1 aromatic heterocycles. The first-order valence-electron chi connectivity index (χ1n) is 10.9. The quantitative estimate of drug-likeness (QED) is 0.764. The molecule has 5 rings (SSSR count). The molecule has 1 saturated heterocycles. The third kappa shape index (κ3) is 3.37. The zero-order valence-corrected chi connectivity index (χ0v) is 17.4. The number of nitrogens with zero attached hydrogens (tertiary/aromatic N) is 3. The van der Waals surface area contributed by atoms with E-state index in [0.29, 0.717) is 30.1 Å². The highest BCUT2D eigenvalue weighted by Gasteiger charge is 2.45. The minimum absolute atomic E-state index is 0.180. The third-order valence-corrected chi connectivity index (χ3v) is 7.08. The molecule has 6 nitrogen and oxygen atoms in total. The van der Waals surface area contributed by atoms with Crippen molar-refractivity contribution in [1.29, 1.82) is 0 Å². The van der Waals surface area contributed by atoms with E-state index in [-0.39, 0.29) is 36.4 Å². The number of carbonyl (C=O) groups is 1. The lowest BCUT2D eigenvalue weighted by Crippen LogP contribution is -2.59. The second-order valence-electron chi connectivity index (χ2n) is 9.02. The molecule has 1 fully saturated rings. The van der Waals surface area contributed by atoms with E-state index in [1.807, 2.05) is 19.1 Å². The Morgan fingerprint density at radius 2 is 2.13 bits per heavy atom. The van der Waals surface area contributed by atoms with Crippen molar-refractivity contribution in [2.75, 3.05) is 11.4 Å². The number of hydrogen-bond acceptors (Lipinski definition) is 5. The highest BCUT2D eigenvalue weighted by Crippen LogP contribution is 2.46. The molecule has 1 unspecified atom stereocenters. The molecule has 3 aliphatic rings. The molecule has 0 spiro atoms. The summed E-state index contributed by atoms with van der Waals surface area (Å²) in [4.78, 5) is 21.9. The van der Waals surface area contributed by atoms with Crippen LogP contribution in [-0.4, -0.2) is 39.7 Å². The van der Waals surface area contributed by atoms with Crippen LogP contribution in [0, 0.1) is 0 Å². The highest BCUT2D eigenvalue weighted by atomic mass is 19.3. The van der Waals surface area contributed by atoms with Crippen LogP contribution in [0.4, 0.5) is 14.7 Å². The molecular weight excluding hydrogens is 402 g/mol. The molecular formula is C23H26F2N4O2. The lowest BCUT2D eigenvalue weighted by Gasteiger charge is -2.43. The topological polar surface area (TPSA) is 92.3 Å². The number of nitrogens with two attached hydrogens (primary N) is 1. The molecule has 2 heterocycles. The Morgan fingerprint density at radius 1 is 1.32 bits per heavy atom. The summed E-state index contributed by atoms with van der Waals surface area (Å²) in [7, 11) is 0. The van der Waals surface area contributed by atoms with Crippen molar-refractivity contribution in [3.63, 3.8) is 0 Å². The van der Waals surface area contributed by atoms with Gasteiger partial charge in [0.15, 0.2) is 0 Å².